The number of nitrogens with zero attached hydrogens (tertiary/aromatic N) is 4. The Kier molecular flexibility index (Phi) is 4.52. The number of ketones is 1. The molecule has 0 amide bonds. The number of fused-ring (bicyclic) bond motifs is 1. The van der Waals surface area contributed by atoms with E-state index in [9.17, 15) is 19.1 Å². The number of aryl methyl sites for hydroxylation is 1. The Morgan fingerprint density at radius 1 is 1.29 bits per heavy atom. The average molecular weight is 401 g/mol. The first kappa shape index (κ1) is 18.4. The molecule has 2 atom stereocenters. The van der Waals surface area contributed by atoms with E-state index < -0.39 is 17.8 Å². The van der Waals surface area contributed by atoms with Crippen molar-refractivity contribution in [3.63, 3.8) is 0 Å². The van der Waals surface area contributed by atoms with E-state index in [4.69, 9.17) is 0 Å². The number of aromatic nitrogens is 4. The van der Waals surface area contributed by atoms with E-state index in [1.807, 2.05) is 6.92 Å². The van der Waals surface area contributed by atoms with Crippen molar-refractivity contribution in [2.75, 3.05) is 6.54 Å². The number of Topliss-reactive ketones (excluding diaryl/α,β-unsaturated/α-hetero) is 1. The largest absolute Gasteiger partial charge is 0.476 e. The second-order valence-corrected chi connectivity index (χ2v) is 7.26. The third kappa shape index (κ3) is 3.00. The number of rotatable bonds is 4. The maximum absolute atomic E-state index is 13.2. The Balaban J connectivity index is 1.90. The van der Waals surface area contributed by atoms with Crippen molar-refractivity contribution >= 4 is 23.3 Å². The Hall–Kier alpha value is -2.98. The molecule has 3 aromatic rings. The minimum Gasteiger partial charge on any atom is -0.476 e. The molecule has 144 valence electrons. The number of carboxylic acids is 1. The van der Waals surface area contributed by atoms with Gasteiger partial charge in [0.05, 0.1) is 5.69 Å². The van der Waals surface area contributed by atoms with Gasteiger partial charge in [0.15, 0.2) is 22.3 Å². The molecule has 0 radical (unpaired) electrons. The molecule has 0 bridgehead atoms. The van der Waals surface area contributed by atoms with Crippen LogP contribution in [-0.2, 0) is 0 Å². The summed E-state index contributed by atoms with van der Waals surface area (Å²) >= 11 is 1.09. The summed E-state index contributed by atoms with van der Waals surface area (Å²) in [6, 6.07) is 4.21. The zero-order chi connectivity index (χ0) is 20.0. The Morgan fingerprint density at radius 2 is 2.00 bits per heavy atom. The van der Waals surface area contributed by atoms with Gasteiger partial charge >= 0.3 is 5.97 Å². The first-order valence-electron chi connectivity index (χ1n) is 8.56. The predicted molar refractivity (Wildman–Crippen MR) is 99.0 cm³/mol. The van der Waals surface area contributed by atoms with Gasteiger partial charge in [-0.15, -0.1) is 0 Å². The van der Waals surface area contributed by atoms with Gasteiger partial charge in [-0.1, -0.05) is 0 Å². The number of halogens is 1. The first-order chi connectivity index (χ1) is 13.4. The normalized spacial score (nSPS) is 18.7. The SMILES string of the molecule is Cc1nsc(-c2nc(C(=O)O)c3n2C(C(=O)c2ccc(F)cc2)CNC3C)n1. The highest BCUT2D eigenvalue weighted by Gasteiger charge is 2.37. The number of hydrogen-bond acceptors (Lipinski definition) is 7. The molecule has 3 heterocycles. The van der Waals surface area contributed by atoms with E-state index in [-0.39, 0.29) is 24.1 Å². The van der Waals surface area contributed by atoms with Crippen LogP contribution >= 0.6 is 11.5 Å². The minimum absolute atomic E-state index is 0.126. The Labute approximate surface area is 163 Å². The summed E-state index contributed by atoms with van der Waals surface area (Å²) in [6.07, 6.45) is 0. The van der Waals surface area contributed by atoms with Crippen LogP contribution in [0.5, 0.6) is 0 Å². The number of carboxylic acid groups (broad SMARTS) is 1. The van der Waals surface area contributed by atoms with Crippen LogP contribution in [0.2, 0.25) is 0 Å². The van der Waals surface area contributed by atoms with E-state index in [0.717, 1.165) is 11.5 Å². The van der Waals surface area contributed by atoms with Gasteiger partial charge in [-0.25, -0.2) is 19.2 Å². The quantitative estimate of drug-likeness (QED) is 0.647. The van der Waals surface area contributed by atoms with Crippen LogP contribution in [0.15, 0.2) is 24.3 Å². The molecule has 1 aliphatic heterocycles. The van der Waals surface area contributed by atoms with Crippen molar-refractivity contribution in [3.05, 3.63) is 52.9 Å². The fourth-order valence-corrected chi connectivity index (χ4v) is 4.02. The minimum atomic E-state index is -1.18. The second kappa shape index (κ2) is 6.88. The summed E-state index contributed by atoms with van der Waals surface area (Å²) in [4.78, 5) is 33.5. The van der Waals surface area contributed by atoms with Gasteiger partial charge in [0.2, 0.25) is 0 Å². The lowest BCUT2D eigenvalue weighted by atomic mass is 9.99. The number of benzene rings is 1. The van der Waals surface area contributed by atoms with E-state index in [2.05, 4.69) is 19.7 Å². The molecule has 1 aromatic carbocycles. The molecule has 8 nitrogen and oxygen atoms in total. The topological polar surface area (TPSA) is 110 Å². The van der Waals surface area contributed by atoms with E-state index in [1.165, 1.54) is 24.3 Å². The van der Waals surface area contributed by atoms with E-state index in [0.29, 0.717) is 27.9 Å². The number of carbonyl (C=O) groups excluding carboxylic acids is 1. The molecule has 2 N–H and O–H groups in total. The second-order valence-electron chi connectivity index (χ2n) is 6.51. The maximum atomic E-state index is 13.2. The predicted octanol–water partition coefficient (Wildman–Crippen LogP) is 2.64. The van der Waals surface area contributed by atoms with Crippen LogP contribution in [0.3, 0.4) is 0 Å². The third-order valence-electron chi connectivity index (χ3n) is 4.64. The molecule has 2 unspecified atom stereocenters. The number of hydrogen-bond donors (Lipinski definition) is 2. The number of aromatic carboxylic acids is 1. The summed E-state index contributed by atoms with van der Waals surface area (Å²) in [5.74, 6) is -1.05. The van der Waals surface area contributed by atoms with Crippen LogP contribution < -0.4 is 5.32 Å². The fraction of sp³-hybridized carbons (Fsp3) is 0.278. The van der Waals surface area contributed by atoms with E-state index >= 15 is 0 Å². The standard InChI is InChI=1S/C18H16FN5O3S/c1-8-14-13(18(26)27)22-16(17-21-9(2)23-28-17)24(14)12(7-20-8)15(25)10-3-5-11(19)6-4-10/h3-6,8,12,20H,7H2,1-2H3,(H,26,27). The molecule has 10 heteroatoms. The van der Waals surface area contributed by atoms with Crippen LogP contribution in [-0.4, -0.2) is 42.3 Å². The zero-order valence-corrected chi connectivity index (χ0v) is 15.8. The van der Waals surface area contributed by atoms with Crippen LogP contribution in [0, 0.1) is 12.7 Å². The van der Waals surface area contributed by atoms with Crippen LogP contribution in [0.4, 0.5) is 4.39 Å². The summed E-state index contributed by atoms with van der Waals surface area (Å²) in [6.45, 7) is 3.82. The summed E-state index contributed by atoms with van der Waals surface area (Å²) < 4.78 is 19.0. The lowest BCUT2D eigenvalue weighted by Crippen LogP contribution is -2.40. The molecule has 0 saturated heterocycles. The highest BCUT2D eigenvalue weighted by molar-refractivity contribution is 7.09. The Bertz CT molecular complexity index is 1080. The molecule has 0 fully saturated rings. The molecule has 0 aliphatic carbocycles. The number of imidazole rings is 1. The molecular formula is C18H16FN5O3S. The number of carbonyl (C=O) groups is 2. The zero-order valence-electron chi connectivity index (χ0n) is 15.0. The third-order valence-corrected chi connectivity index (χ3v) is 5.44. The van der Waals surface area contributed by atoms with Crippen molar-refractivity contribution in [3.8, 4) is 10.8 Å². The smallest absolute Gasteiger partial charge is 0.356 e. The molecule has 2 aromatic heterocycles. The summed E-state index contributed by atoms with van der Waals surface area (Å²) in [5, 5.41) is 13.2. The van der Waals surface area contributed by atoms with Gasteiger partial charge in [-0.3, -0.25) is 4.79 Å². The van der Waals surface area contributed by atoms with Crippen molar-refractivity contribution in [1.82, 2.24) is 24.2 Å². The fourth-order valence-electron chi connectivity index (χ4n) is 3.36. The van der Waals surface area contributed by atoms with Gasteiger partial charge < -0.3 is 15.0 Å². The van der Waals surface area contributed by atoms with Crippen molar-refractivity contribution < 1.29 is 19.1 Å². The highest BCUT2D eigenvalue weighted by Crippen LogP contribution is 2.35. The monoisotopic (exact) mass is 401 g/mol. The van der Waals surface area contributed by atoms with Crippen molar-refractivity contribution in [1.29, 1.82) is 0 Å². The molecule has 28 heavy (non-hydrogen) atoms. The lowest BCUT2D eigenvalue weighted by molar-refractivity contribution is 0.0686. The molecule has 1 aliphatic rings. The van der Waals surface area contributed by atoms with Gasteiger partial charge in [0.25, 0.3) is 0 Å². The van der Waals surface area contributed by atoms with Gasteiger partial charge in [0, 0.05) is 18.2 Å². The maximum Gasteiger partial charge on any atom is 0.356 e. The van der Waals surface area contributed by atoms with Crippen molar-refractivity contribution in [2.45, 2.75) is 25.9 Å². The van der Waals surface area contributed by atoms with E-state index in [1.54, 1.807) is 11.5 Å². The lowest BCUT2D eigenvalue weighted by Gasteiger charge is -2.31. The summed E-state index contributed by atoms with van der Waals surface area (Å²) in [7, 11) is 0. The highest BCUT2D eigenvalue weighted by atomic mass is 32.1. The molecular weight excluding hydrogens is 385 g/mol. The van der Waals surface area contributed by atoms with Gasteiger partial charge in [-0.05, 0) is 49.6 Å². The Morgan fingerprint density at radius 3 is 2.61 bits per heavy atom. The first-order valence-corrected chi connectivity index (χ1v) is 9.33. The van der Waals surface area contributed by atoms with Gasteiger partial charge in [0.1, 0.15) is 17.7 Å². The molecule has 0 spiro atoms. The summed E-state index contributed by atoms with van der Waals surface area (Å²) in [5.41, 5.74) is 0.611. The average Bonchev–Trinajstić information content (AvgIpc) is 3.26. The molecule has 4 rings (SSSR count). The van der Waals surface area contributed by atoms with Crippen molar-refractivity contribution in [2.24, 2.45) is 0 Å². The number of nitrogens with one attached hydrogen (secondary N) is 1. The molecule has 0 saturated carbocycles. The van der Waals surface area contributed by atoms with Crippen LogP contribution in [0.1, 0.15) is 51.4 Å². The van der Waals surface area contributed by atoms with Crippen LogP contribution in [0.25, 0.3) is 10.8 Å². The van der Waals surface area contributed by atoms with Gasteiger partial charge in [-0.2, -0.15) is 4.37 Å².